The van der Waals surface area contributed by atoms with Gasteiger partial charge in [0.2, 0.25) is 5.92 Å². The van der Waals surface area contributed by atoms with Crippen molar-refractivity contribution in [3.8, 4) is 0 Å². The van der Waals surface area contributed by atoms with Crippen molar-refractivity contribution in [2.75, 3.05) is 0 Å². The predicted molar refractivity (Wildman–Crippen MR) is 101 cm³/mol. The third kappa shape index (κ3) is 3.14. The smallest absolute Gasteiger partial charge is 0.207 e. The molecule has 128 valence electrons. The largest absolute Gasteiger partial charge is 0.248 e. The Morgan fingerprint density at radius 1 is 0.833 bits per heavy atom. The Hall–Kier alpha value is -1.27. The van der Waals surface area contributed by atoms with Gasteiger partial charge in [0.25, 0.3) is 0 Å². The fourth-order valence-corrected chi connectivity index (χ4v) is 9.95. The molecule has 3 heteroatoms. The second-order valence-electron chi connectivity index (χ2n) is 7.13. The standard InChI is InChI=1S/C21H26F2P/c1-17(2)24(18-9-5-3-6-10-18,19-11-7-4-8-12-19)20-13-15-21(22,23)16-14-20/h3-12,17,20H,13-16H2,1-2H3/q+1. The number of hydrogen-bond donors (Lipinski definition) is 0. The maximum atomic E-state index is 13.8. The SMILES string of the molecule is CC(C)[P+](c1ccccc1)(c1ccccc1)C1CCC(F)(F)CC1. The normalized spacial score (nSPS) is 18.7. The molecule has 0 heterocycles. The second-order valence-corrected chi connectivity index (χ2v) is 11.5. The van der Waals surface area contributed by atoms with Gasteiger partial charge in [-0.1, -0.05) is 36.4 Å². The number of alkyl halides is 2. The van der Waals surface area contributed by atoms with E-state index in [1.165, 1.54) is 10.6 Å². The van der Waals surface area contributed by atoms with Gasteiger partial charge in [0, 0.05) is 12.8 Å². The Bertz CT molecular complexity index is 603. The van der Waals surface area contributed by atoms with Gasteiger partial charge in [-0.05, 0) is 51.0 Å². The van der Waals surface area contributed by atoms with Crippen molar-refractivity contribution in [3.05, 3.63) is 60.7 Å². The second kappa shape index (κ2) is 6.92. The van der Waals surface area contributed by atoms with Crippen LogP contribution in [-0.2, 0) is 0 Å². The third-order valence-corrected chi connectivity index (χ3v) is 11.0. The molecule has 0 aliphatic heterocycles. The summed E-state index contributed by atoms with van der Waals surface area (Å²) in [6, 6.07) is 21.3. The highest BCUT2D eigenvalue weighted by Crippen LogP contribution is 2.68. The van der Waals surface area contributed by atoms with Crippen molar-refractivity contribution in [1.29, 1.82) is 0 Å². The third-order valence-electron chi connectivity index (χ3n) is 5.44. The highest BCUT2D eigenvalue weighted by Gasteiger charge is 2.55. The van der Waals surface area contributed by atoms with Crippen LogP contribution in [0.2, 0.25) is 0 Å². The maximum Gasteiger partial charge on any atom is 0.248 e. The Balaban J connectivity index is 2.13. The molecule has 0 saturated heterocycles. The first kappa shape index (κ1) is 17.5. The topological polar surface area (TPSA) is 0 Å². The lowest BCUT2D eigenvalue weighted by Gasteiger charge is -2.41. The van der Waals surface area contributed by atoms with Crippen molar-refractivity contribution in [3.63, 3.8) is 0 Å². The molecule has 1 saturated carbocycles. The minimum absolute atomic E-state index is 0.0335. The van der Waals surface area contributed by atoms with Crippen LogP contribution in [0.15, 0.2) is 60.7 Å². The molecule has 0 nitrogen and oxygen atoms in total. The van der Waals surface area contributed by atoms with E-state index in [2.05, 4.69) is 62.4 Å². The first-order valence-electron chi connectivity index (χ1n) is 8.84. The molecule has 1 aliphatic rings. The summed E-state index contributed by atoms with van der Waals surface area (Å²) in [5.41, 5.74) is 0.793. The van der Waals surface area contributed by atoms with Gasteiger partial charge in [0.15, 0.2) is 0 Å². The molecule has 0 atom stereocenters. The van der Waals surface area contributed by atoms with Crippen LogP contribution in [-0.4, -0.2) is 17.2 Å². The molecule has 3 rings (SSSR count). The molecule has 0 aromatic heterocycles. The minimum Gasteiger partial charge on any atom is -0.207 e. The van der Waals surface area contributed by atoms with E-state index in [1.807, 2.05) is 12.1 Å². The van der Waals surface area contributed by atoms with Gasteiger partial charge >= 0.3 is 0 Å². The van der Waals surface area contributed by atoms with Crippen LogP contribution in [0.3, 0.4) is 0 Å². The zero-order chi connectivity index (χ0) is 17.2. The Labute approximate surface area is 144 Å². The van der Waals surface area contributed by atoms with Gasteiger partial charge in [0.05, 0.1) is 29.2 Å². The summed E-state index contributed by atoms with van der Waals surface area (Å²) in [4.78, 5) is 0. The van der Waals surface area contributed by atoms with E-state index in [1.54, 1.807) is 0 Å². The average molecular weight is 347 g/mol. The van der Waals surface area contributed by atoms with Crippen molar-refractivity contribution < 1.29 is 8.78 Å². The molecule has 2 aromatic carbocycles. The summed E-state index contributed by atoms with van der Waals surface area (Å²) in [6.45, 7) is 4.56. The van der Waals surface area contributed by atoms with E-state index < -0.39 is 13.2 Å². The zero-order valence-electron chi connectivity index (χ0n) is 14.5. The molecule has 1 aliphatic carbocycles. The molecule has 0 N–H and O–H groups in total. The van der Waals surface area contributed by atoms with Crippen LogP contribution in [0, 0.1) is 0 Å². The van der Waals surface area contributed by atoms with Gasteiger partial charge in [-0.25, -0.2) is 8.78 Å². The molecule has 0 radical (unpaired) electrons. The van der Waals surface area contributed by atoms with Crippen LogP contribution in [0.25, 0.3) is 0 Å². The summed E-state index contributed by atoms with van der Waals surface area (Å²) in [5, 5.41) is 2.72. The molecule has 0 bridgehead atoms. The fraction of sp³-hybridized carbons (Fsp3) is 0.429. The predicted octanol–water partition coefficient (Wildman–Crippen LogP) is 5.64. The molecular weight excluding hydrogens is 321 g/mol. The highest BCUT2D eigenvalue weighted by molar-refractivity contribution is 7.90. The minimum atomic E-state index is -2.48. The van der Waals surface area contributed by atoms with Crippen molar-refractivity contribution in [2.24, 2.45) is 0 Å². The first-order valence-corrected chi connectivity index (χ1v) is 10.8. The van der Waals surface area contributed by atoms with E-state index in [-0.39, 0.29) is 12.8 Å². The summed E-state index contributed by atoms with van der Waals surface area (Å²) < 4.78 is 27.6. The van der Waals surface area contributed by atoms with E-state index >= 15 is 0 Å². The van der Waals surface area contributed by atoms with Crippen LogP contribution in [0.5, 0.6) is 0 Å². The highest BCUT2D eigenvalue weighted by atomic mass is 31.2. The van der Waals surface area contributed by atoms with E-state index in [0.717, 1.165) is 0 Å². The molecule has 0 amide bonds. The molecule has 24 heavy (non-hydrogen) atoms. The Morgan fingerprint density at radius 3 is 1.62 bits per heavy atom. The van der Waals surface area contributed by atoms with Crippen LogP contribution in [0.4, 0.5) is 8.78 Å². The number of rotatable bonds is 4. The summed E-state index contributed by atoms with van der Waals surface area (Å²) >= 11 is 0. The van der Waals surface area contributed by atoms with Crippen LogP contribution < -0.4 is 10.6 Å². The summed E-state index contributed by atoms with van der Waals surface area (Å²) in [7, 11) is -1.74. The number of halogens is 2. The van der Waals surface area contributed by atoms with E-state index in [4.69, 9.17) is 0 Å². The van der Waals surface area contributed by atoms with Gasteiger partial charge in [-0.3, -0.25) is 0 Å². The molecule has 1 fully saturated rings. The van der Waals surface area contributed by atoms with E-state index in [0.29, 0.717) is 24.2 Å². The van der Waals surface area contributed by atoms with Gasteiger partial charge in [-0.15, -0.1) is 0 Å². The van der Waals surface area contributed by atoms with Crippen molar-refractivity contribution >= 4 is 17.9 Å². The monoisotopic (exact) mass is 347 g/mol. The van der Waals surface area contributed by atoms with Gasteiger partial charge in [0.1, 0.15) is 0 Å². The summed E-state index contributed by atoms with van der Waals surface area (Å²) in [5.74, 6) is -2.48. The lowest BCUT2D eigenvalue weighted by Crippen LogP contribution is -2.40. The van der Waals surface area contributed by atoms with Crippen molar-refractivity contribution in [1.82, 2.24) is 0 Å². The quantitative estimate of drug-likeness (QED) is 0.628. The number of benzene rings is 2. The lowest BCUT2D eigenvalue weighted by atomic mass is 9.96. The zero-order valence-corrected chi connectivity index (χ0v) is 15.4. The molecular formula is C21H26F2P+. The van der Waals surface area contributed by atoms with Crippen LogP contribution in [0.1, 0.15) is 39.5 Å². The summed E-state index contributed by atoms with van der Waals surface area (Å²) in [6.07, 6.45) is 1.32. The Kier molecular flexibility index (Phi) is 5.06. The molecule has 0 unspecified atom stereocenters. The maximum absolute atomic E-state index is 13.8. The van der Waals surface area contributed by atoms with Gasteiger partial charge in [-0.2, -0.15) is 0 Å². The molecule has 0 spiro atoms. The van der Waals surface area contributed by atoms with Gasteiger partial charge < -0.3 is 0 Å². The Morgan fingerprint density at radius 2 is 1.25 bits per heavy atom. The van der Waals surface area contributed by atoms with E-state index in [9.17, 15) is 8.78 Å². The first-order chi connectivity index (χ1) is 11.5. The lowest BCUT2D eigenvalue weighted by molar-refractivity contribution is -0.0328. The molecule has 2 aromatic rings. The van der Waals surface area contributed by atoms with Crippen LogP contribution >= 0.6 is 7.26 Å². The average Bonchev–Trinajstić information content (AvgIpc) is 2.58. The number of hydrogen-bond acceptors (Lipinski definition) is 0. The van der Waals surface area contributed by atoms with Crippen molar-refractivity contribution in [2.45, 2.75) is 56.8 Å². The fourth-order valence-electron chi connectivity index (χ4n) is 4.37.